The van der Waals surface area contributed by atoms with Crippen LogP contribution in [-0.2, 0) is 19.1 Å². The molecule has 20 heavy (non-hydrogen) atoms. The molecule has 0 fully saturated rings. The van der Waals surface area contributed by atoms with Crippen molar-refractivity contribution in [3.05, 3.63) is 35.8 Å². The molecule has 2 rings (SSSR count). The van der Waals surface area contributed by atoms with E-state index in [-0.39, 0.29) is 17.9 Å². The van der Waals surface area contributed by atoms with Gasteiger partial charge in [0.1, 0.15) is 11.6 Å². The molecule has 2 aromatic rings. The second-order valence-electron chi connectivity index (χ2n) is 4.12. The maximum Gasteiger partial charge on any atom is 0.451 e. The molecule has 0 amide bonds. The van der Waals surface area contributed by atoms with E-state index < -0.39 is 12.0 Å². The number of imidazole rings is 1. The van der Waals surface area contributed by atoms with Crippen LogP contribution < -0.4 is 5.32 Å². The van der Waals surface area contributed by atoms with Gasteiger partial charge in [-0.2, -0.15) is 13.2 Å². The monoisotopic (exact) mass is 285 g/mol. The first kappa shape index (κ1) is 14.3. The van der Waals surface area contributed by atoms with Crippen molar-refractivity contribution in [3.8, 4) is 0 Å². The zero-order chi connectivity index (χ0) is 14.8. The predicted molar refractivity (Wildman–Crippen MR) is 67.3 cm³/mol. The predicted octanol–water partition coefficient (Wildman–Crippen LogP) is 2.34. The molecule has 0 aliphatic carbocycles. The van der Waals surface area contributed by atoms with Crippen molar-refractivity contribution < 1.29 is 13.2 Å². The highest BCUT2D eigenvalue weighted by Gasteiger charge is 2.35. The molecule has 0 aliphatic heterocycles. The Balaban J connectivity index is 2.36. The zero-order valence-electron chi connectivity index (χ0n) is 11.1. The Kier molecular flexibility index (Phi) is 3.91. The fourth-order valence-electron chi connectivity index (χ4n) is 1.80. The van der Waals surface area contributed by atoms with Crippen molar-refractivity contribution in [2.45, 2.75) is 26.1 Å². The second kappa shape index (κ2) is 5.48. The lowest BCUT2D eigenvalue weighted by Crippen LogP contribution is -2.15. The molecule has 1 N–H and O–H groups in total. The Hall–Kier alpha value is -2.12. The lowest BCUT2D eigenvalue weighted by atomic mass is 10.2. The Labute approximate surface area is 113 Å². The van der Waals surface area contributed by atoms with Crippen LogP contribution in [0.4, 0.5) is 19.0 Å². The summed E-state index contributed by atoms with van der Waals surface area (Å²) in [5, 5.41) is 2.61. The van der Waals surface area contributed by atoms with Gasteiger partial charge in [0.25, 0.3) is 0 Å². The Bertz CT molecular complexity index is 591. The molecule has 0 aromatic carbocycles. The third-order valence-corrected chi connectivity index (χ3v) is 2.77. The summed E-state index contributed by atoms with van der Waals surface area (Å²) in [4.78, 5) is 11.1. The largest absolute Gasteiger partial charge is 0.451 e. The number of alkyl halides is 3. The van der Waals surface area contributed by atoms with Gasteiger partial charge in [0.15, 0.2) is 0 Å². The van der Waals surface area contributed by atoms with Crippen LogP contribution in [0.2, 0.25) is 0 Å². The van der Waals surface area contributed by atoms with Crippen LogP contribution in [0.1, 0.15) is 24.3 Å². The maximum atomic E-state index is 12.7. The van der Waals surface area contributed by atoms with E-state index in [1.807, 2.05) is 11.5 Å². The van der Waals surface area contributed by atoms with Crippen molar-refractivity contribution in [2.24, 2.45) is 0 Å². The maximum absolute atomic E-state index is 12.7. The molecule has 0 saturated carbocycles. The molecule has 0 atom stereocenters. The molecular formula is C12H14F3N5. The van der Waals surface area contributed by atoms with Crippen LogP contribution in [0.15, 0.2) is 18.5 Å². The molecule has 2 aromatic heterocycles. The summed E-state index contributed by atoms with van der Waals surface area (Å²) in [6.45, 7) is 2.64. The zero-order valence-corrected chi connectivity index (χ0v) is 11.1. The molecular weight excluding hydrogens is 271 g/mol. The van der Waals surface area contributed by atoms with Crippen molar-refractivity contribution in [1.29, 1.82) is 0 Å². The minimum Gasteiger partial charge on any atom is -0.373 e. The quantitative estimate of drug-likeness (QED) is 0.937. The first-order valence-corrected chi connectivity index (χ1v) is 6.07. The van der Waals surface area contributed by atoms with Crippen LogP contribution in [-0.4, -0.2) is 26.6 Å². The molecule has 0 unspecified atom stereocenters. The van der Waals surface area contributed by atoms with Gasteiger partial charge in [-0.05, 0) is 6.92 Å². The van der Waals surface area contributed by atoms with E-state index in [0.717, 1.165) is 0 Å². The van der Waals surface area contributed by atoms with Gasteiger partial charge >= 0.3 is 6.18 Å². The first-order chi connectivity index (χ1) is 9.44. The minimum absolute atomic E-state index is 0.136. The van der Waals surface area contributed by atoms with Crippen molar-refractivity contribution >= 4 is 5.82 Å². The van der Waals surface area contributed by atoms with Crippen LogP contribution in [0, 0.1) is 0 Å². The SMILES string of the molecule is CCn1ccnc1Cc1cc(NC)nc(C(F)(F)F)n1. The smallest absolute Gasteiger partial charge is 0.373 e. The van der Waals surface area contributed by atoms with Gasteiger partial charge in [0.05, 0.1) is 5.69 Å². The summed E-state index contributed by atoms with van der Waals surface area (Å²) in [7, 11) is 1.51. The van der Waals surface area contributed by atoms with Gasteiger partial charge in [-0.1, -0.05) is 0 Å². The van der Waals surface area contributed by atoms with Gasteiger partial charge in [-0.3, -0.25) is 0 Å². The van der Waals surface area contributed by atoms with Crippen LogP contribution in [0.5, 0.6) is 0 Å². The molecule has 8 heteroatoms. The van der Waals surface area contributed by atoms with Crippen LogP contribution in [0.25, 0.3) is 0 Å². The van der Waals surface area contributed by atoms with Gasteiger partial charge in [-0.15, -0.1) is 0 Å². The van der Waals surface area contributed by atoms with E-state index in [0.29, 0.717) is 12.4 Å². The van der Waals surface area contributed by atoms with Crippen molar-refractivity contribution in [1.82, 2.24) is 19.5 Å². The topological polar surface area (TPSA) is 55.6 Å². The summed E-state index contributed by atoms with van der Waals surface area (Å²) in [5.74, 6) is -0.340. The Morgan fingerprint density at radius 2 is 2.05 bits per heavy atom. The number of nitrogens with zero attached hydrogens (tertiary/aromatic N) is 4. The highest BCUT2D eigenvalue weighted by atomic mass is 19.4. The molecule has 0 radical (unpaired) electrons. The lowest BCUT2D eigenvalue weighted by molar-refractivity contribution is -0.145. The van der Waals surface area contributed by atoms with Crippen molar-refractivity contribution in [3.63, 3.8) is 0 Å². The summed E-state index contributed by atoms with van der Waals surface area (Å²) in [6, 6.07) is 1.49. The second-order valence-corrected chi connectivity index (χ2v) is 4.12. The van der Waals surface area contributed by atoms with Gasteiger partial charge < -0.3 is 9.88 Å². The summed E-state index contributed by atoms with van der Waals surface area (Å²) < 4.78 is 40.1. The number of anilines is 1. The fraction of sp³-hybridized carbons (Fsp3) is 0.417. The van der Waals surface area contributed by atoms with Gasteiger partial charge in [-0.25, -0.2) is 15.0 Å². The summed E-state index contributed by atoms with van der Waals surface area (Å²) in [5.41, 5.74) is 0.276. The lowest BCUT2D eigenvalue weighted by Gasteiger charge is -2.10. The van der Waals surface area contributed by atoms with Gasteiger partial charge in [0, 0.05) is 38.5 Å². The molecule has 2 heterocycles. The number of aromatic nitrogens is 4. The number of hydrogen-bond acceptors (Lipinski definition) is 4. The number of aryl methyl sites for hydroxylation is 1. The Morgan fingerprint density at radius 1 is 1.30 bits per heavy atom. The van der Waals surface area contributed by atoms with E-state index in [4.69, 9.17) is 0 Å². The fourth-order valence-corrected chi connectivity index (χ4v) is 1.80. The van der Waals surface area contributed by atoms with E-state index in [1.165, 1.54) is 13.1 Å². The molecule has 108 valence electrons. The van der Waals surface area contributed by atoms with E-state index in [2.05, 4.69) is 20.3 Å². The number of hydrogen-bond donors (Lipinski definition) is 1. The number of rotatable bonds is 4. The average Bonchev–Trinajstić information content (AvgIpc) is 2.84. The third-order valence-electron chi connectivity index (χ3n) is 2.77. The van der Waals surface area contributed by atoms with Crippen LogP contribution in [0.3, 0.4) is 0 Å². The molecule has 0 saturated heterocycles. The summed E-state index contributed by atoms with van der Waals surface area (Å²) in [6.07, 6.45) is -0.952. The number of halogens is 3. The molecule has 5 nitrogen and oxygen atoms in total. The third kappa shape index (κ3) is 3.06. The first-order valence-electron chi connectivity index (χ1n) is 6.07. The van der Waals surface area contributed by atoms with E-state index in [9.17, 15) is 13.2 Å². The summed E-state index contributed by atoms with van der Waals surface area (Å²) >= 11 is 0. The number of nitrogens with one attached hydrogen (secondary N) is 1. The normalized spacial score (nSPS) is 11.7. The highest BCUT2D eigenvalue weighted by molar-refractivity contribution is 5.36. The average molecular weight is 285 g/mol. The highest BCUT2D eigenvalue weighted by Crippen LogP contribution is 2.27. The van der Waals surface area contributed by atoms with E-state index >= 15 is 0 Å². The van der Waals surface area contributed by atoms with E-state index in [1.54, 1.807) is 12.4 Å². The standard InChI is InChI=1S/C12H14F3N5/c1-3-20-5-4-17-10(20)7-8-6-9(16-2)19-11(18-8)12(13,14)15/h4-6H,3,7H2,1-2H3,(H,16,18,19). The molecule has 0 aliphatic rings. The van der Waals surface area contributed by atoms with Crippen LogP contribution >= 0.6 is 0 Å². The molecule has 0 bridgehead atoms. The molecule has 0 spiro atoms. The minimum atomic E-state index is -4.57. The van der Waals surface area contributed by atoms with Gasteiger partial charge in [0.2, 0.25) is 5.82 Å². The van der Waals surface area contributed by atoms with Crippen molar-refractivity contribution in [2.75, 3.05) is 12.4 Å². The Morgan fingerprint density at radius 3 is 2.65 bits per heavy atom.